The summed E-state index contributed by atoms with van der Waals surface area (Å²) in [5, 5.41) is 3.83. The molecule has 0 unspecified atom stereocenters. The summed E-state index contributed by atoms with van der Waals surface area (Å²) in [4.78, 5) is 12.0. The highest BCUT2D eigenvalue weighted by Crippen LogP contribution is 2.17. The Bertz CT molecular complexity index is 642. The number of hydrogen-bond donors (Lipinski definition) is 1. The van der Waals surface area contributed by atoms with Crippen molar-refractivity contribution < 1.29 is 9.53 Å². The molecule has 0 aliphatic carbocycles. The van der Waals surface area contributed by atoms with Gasteiger partial charge in [-0.3, -0.25) is 4.79 Å². The Balaban J connectivity index is 1.77. The smallest absolute Gasteiger partial charge is 0.252 e. The van der Waals surface area contributed by atoms with Gasteiger partial charge in [-0.15, -0.1) is 11.8 Å². The van der Waals surface area contributed by atoms with Crippen molar-refractivity contribution in [1.29, 1.82) is 0 Å². The van der Waals surface area contributed by atoms with Crippen molar-refractivity contribution in [3.05, 3.63) is 65.7 Å². The molecule has 4 nitrogen and oxygen atoms in total. The van der Waals surface area contributed by atoms with E-state index in [2.05, 4.69) is 22.7 Å². The first kappa shape index (κ1) is 17.1. The Morgan fingerprint density at radius 2 is 1.91 bits per heavy atom. The van der Waals surface area contributed by atoms with Gasteiger partial charge in [-0.05, 0) is 42.3 Å². The van der Waals surface area contributed by atoms with Crippen LogP contribution in [-0.2, 0) is 10.5 Å². The monoisotopic (exact) mass is 328 g/mol. The van der Waals surface area contributed by atoms with Crippen LogP contribution in [0.5, 0.6) is 5.75 Å². The number of carbonyl (C=O) groups is 1. The van der Waals surface area contributed by atoms with Gasteiger partial charge in [0.15, 0.2) is 0 Å². The van der Waals surface area contributed by atoms with Crippen LogP contribution < -0.4 is 10.2 Å². The van der Waals surface area contributed by atoms with E-state index in [9.17, 15) is 4.79 Å². The summed E-state index contributed by atoms with van der Waals surface area (Å²) in [6.07, 6.45) is 1.62. The Labute approximate surface area is 140 Å². The second-order valence-corrected chi connectivity index (χ2v) is 6.28. The zero-order valence-electron chi connectivity index (χ0n) is 13.2. The highest BCUT2D eigenvalue weighted by molar-refractivity contribution is 7.99. The maximum atomic E-state index is 12.0. The third-order valence-electron chi connectivity index (χ3n) is 3.22. The number of benzene rings is 2. The largest absolute Gasteiger partial charge is 0.497 e. The van der Waals surface area contributed by atoms with E-state index in [-0.39, 0.29) is 11.2 Å². The van der Waals surface area contributed by atoms with E-state index in [0.29, 0.717) is 0 Å². The number of hydrazone groups is 1. The topological polar surface area (TPSA) is 50.7 Å². The molecule has 0 bridgehead atoms. The second-order valence-electron chi connectivity index (χ2n) is 4.95. The van der Waals surface area contributed by atoms with Crippen molar-refractivity contribution >= 4 is 23.9 Å². The number of thioether (sulfide) groups is 1. The van der Waals surface area contributed by atoms with Crippen LogP contribution in [0.25, 0.3) is 0 Å². The van der Waals surface area contributed by atoms with Crippen molar-refractivity contribution in [2.45, 2.75) is 17.9 Å². The molecule has 1 N–H and O–H groups in total. The average molecular weight is 328 g/mol. The van der Waals surface area contributed by atoms with Crippen LogP contribution in [0.3, 0.4) is 0 Å². The number of ether oxygens (including phenoxy) is 1. The van der Waals surface area contributed by atoms with E-state index in [4.69, 9.17) is 4.74 Å². The molecule has 0 aliphatic heterocycles. The average Bonchev–Trinajstić information content (AvgIpc) is 2.61. The molecule has 2 rings (SSSR count). The molecule has 0 heterocycles. The van der Waals surface area contributed by atoms with Crippen LogP contribution in [-0.4, -0.2) is 24.5 Å². The third-order valence-corrected chi connectivity index (χ3v) is 4.43. The number of nitrogens with one attached hydrogen (secondary N) is 1. The highest BCUT2D eigenvalue weighted by atomic mass is 32.2. The lowest BCUT2D eigenvalue weighted by Gasteiger charge is -2.09. The van der Waals surface area contributed by atoms with Crippen LogP contribution in [0, 0.1) is 0 Å². The standard InChI is InChI=1S/C18H20N2O2S/c1-14(23-13-16-6-4-3-5-7-16)18(21)20-19-12-15-8-10-17(22-2)11-9-15/h3-12,14H,13H2,1-2H3,(H,20,21)/b19-12-/t14-/m1/s1. The molecule has 2 aromatic carbocycles. The number of methoxy groups -OCH3 is 1. The van der Waals surface area contributed by atoms with Crippen molar-refractivity contribution in [1.82, 2.24) is 5.43 Å². The van der Waals surface area contributed by atoms with Gasteiger partial charge in [-0.1, -0.05) is 30.3 Å². The lowest BCUT2D eigenvalue weighted by Crippen LogP contribution is -2.26. The molecule has 0 aromatic heterocycles. The summed E-state index contributed by atoms with van der Waals surface area (Å²) >= 11 is 1.59. The number of carbonyl (C=O) groups excluding carboxylic acids is 1. The van der Waals surface area contributed by atoms with Gasteiger partial charge < -0.3 is 4.74 Å². The van der Waals surface area contributed by atoms with Crippen molar-refractivity contribution in [3.8, 4) is 5.75 Å². The first-order valence-corrected chi connectivity index (χ1v) is 8.36. The van der Waals surface area contributed by atoms with Gasteiger partial charge in [-0.2, -0.15) is 5.10 Å². The minimum absolute atomic E-state index is 0.101. The Hall–Kier alpha value is -2.27. The van der Waals surface area contributed by atoms with E-state index in [1.54, 1.807) is 25.1 Å². The Morgan fingerprint density at radius 1 is 1.22 bits per heavy atom. The molecule has 5 heteroatoms. The summed E-state index contributed by atoms with van der Waals surface area (Å²) < 4.78 is 5.09. The molecular formula is C18H20N2O2S. The van der Waals surface area contributed by atoms with Gasteiger partial charge >= 0.3 is 0 Å². The van der Waals surface area contributed by atoms with Crippen LogP contribution >= 0.6 is 11.8 Å². The fraction of sp³-hybridized carbons (Fsp3) is 0.222. The minimum atomic E-state index is -0.164. The number of rotatable bonds is 7. The van der Waals surface area contributed by atoms with Gasteiger partial charge in [0.05, 0.1) is 18.6 Å². The molecule has 0 saturated heterocycles. The minimum Gasteiger partial charge on any atom is -0.497 e. The molecule has 120 valence electrons. The molecule has 0 fully saturated rings. The fourth-order valence-corrected chi connectivity index (χ4v) is 2.66. The normalized spacial score (nSPS) is 12.1. The van der Waals surface area contributed by atoms with Gasteiger partial charge in [0.25, 0.3) is 5.91 Å². The third kappa shape index (κ3) is 5.79. The quantitative estimate of drug-likeness (QED) is 0.625. The predicted octanol–water partition coefficient (Wildman–Crippen LogP) is 3.47. The molecule has 1 atom stereocenters. The van der Waals surface area contributed by atoms with Crippen molar-refractivity contribution in [3.63, 3.8) is 0 Å². The zero-order valence-corrected chi connectivity index (χ0v) is 14.0. The zero-order chi connectivity index (χ0) is 16.5. The van der Waals surface area contributed by atoms with Crippen LogP contribution in [0.1, 0.15) is 18.1 Å². The summed E-state index contributed by atoms with van der Waals surface area (Å²) in [6, 6.07) is 17.5. The summed E-state index contributed by atoms with van der Waals surface area (Å²) in [6.45, 7) is 1.88. The van der Waals surface area contributed by atoms with Crippen molar-refractivity contribution in [2.24, 2.45) is 5.10 Å². The lowest BCUT2D eigenvalue weighted by molar-refractivity contribution is -0.120. The Kier molecular flexibility index (Phi) is 6.69. The van der Waals surface area contributed by atoms with E-state index in [0.717, 1.165) is 17.1 Å². The first-order valence-electron chi connectivity index (χ1n) is 7.31. The summed E-state index contributed by atoms with van der Waals surface area (Å²) in [5.74, 6) is 1.49. The Morgan fingerprint density at radius 3 is 2.57 bits per heavy atom. The van der Waals surface area contributed by atoms with E-state index < -0.39 is 0 Å². The first-order chi connectivity index (χ1) is 11.2. The highest BCUT2D eigenvalue weighted by Gasteiger charge is 2.12. The number of hydrogen-bond acceptors (Lipinski definition) is 4. The van der Waals surface area contributed by atoms with Gasteiger partial charge in [-0.25, -0.2) is 5.43 Å². The molecule has 0 spiro atoms. The number of amides is 1. The SMILES string of the molecule is COc1ccc(/C=N\NC(=O)[C@@H](C)SCc2ccccc2)cc1. The van der Waals surface area contributed by atoms with Crippen LogP contribution in [0.15, 0.2) is 59.7 Å². The predicted molar refractivity (Wildman–Crippen MR) is 95.9 cm³/mol. The van der Waals surface area contributed by atoms with Gasteiger partial charge in [0, 0.05) is 5.75 Å². The van der Waals surface area contributed by atoms with Gasteiger partial charge in [0.1, 0.15) is 5.75 Å². The summed E-state index contributed by atoms with van der Waals surface area (Å²) in [7, 11) is 1.62. The van der Waals surface area contributed by atoms with Crippen molar-refractivity contribution in [2.75, 3.05) is 7.11 Å². The summed E-state index contributed by atoms with van der Waals surface area (Å²) in [5.41, 5.74) is 4.68. The van der Waals surface area contributed by atoms with E-state index >= 15 is 0 Å². The molecule has 0 radical (unpaired) electrons. The number of nitrogens with zero attached hydrogens (tertiary/aromatic N) is 1. The van der Waals surface area contributed by atoms with E-state index in [1.807, 2.05) is 49.4 Å². The molecular weight excluding hydrogens is 308 g/mol. The van der Waals surface area contributed by atoms with Crippen LogP contribution in [0.2, 0.25) is 0 Å². The molecule has 1 amide bonds. The lowest BCUT2D eigenvalue weighted by atomic mass is 10.2. The molecule has 23 heavy (non-hydrogen) atoms. The second kappa shape index (κ2) is 9.00. The molecule has 0 aliphatic rings. The molecule has 0 saturated carbocycles. The van der Waals surface area contributed by atoms with Gasteiger partial charge in [0.2, 0.25) is 0 Å². The molecule has 2 aromatic rings. The maximum Gasteiger partial charge on any atom is 0.252 e. The van der Waals surface area contributed by atoms with Crippen LogP contribution in [0.4, 0.5) is 0 Å². The fourth-order valence-electron chi connectivity index (χ4n) is 1.82. The van der Waals surface area contributed by atoms with E-state index in [1.165, 1.54) is 5.56 Å². The maximum absolute atomic E-state index is 12.0.